The lowest BCUT2D eigenvalue weighted by Gasteiger charge is -2.13. The lowest BCUT2D eigenvalue weighted by Crippen LogP contribution is -2.43. The molecule has 4 rings (SSSR count). The number of carbonyl (C=O) groups excluding carboxylic acids is 1. The standard InChI is InChI=1S/C24H23N5O5/c1-28-22-18(13-26-21(27-22)15-7-5-4-6-8-15)23(31)29(24(28)32)14-20(30)25-12-16-11-17(33-2)9-10-19(16)34-3/h4-11,13H,12,14H2,1-3H3,(H,25,30). The maximum Gasteiger partial charge on any atom is 0.332 e. The summed E-state index contributed by atoms with van der Waals surface area (Å²) < 4.78 is 12.6. The number of aromatic nitrogens is 4. The van der Waals surface area contributed by atoms with E-state index < -0.39 is 23.7 Å². The molecule has 0 unspecified atom stereocenters. The van der Waals surface area contributed by atoms with E-state index in [2.05, 4.69) is 15.3 Å². The van der Waals surface area contributed by atoms with Gasteiger partial charge in [-0.3, -0.25) is 18.7 Å². The Morgan fingerprint density at radius 1 is 1.06 bits per heavy atom. The van der Waals surface area contributed by atoms with Crippen LogP contribution in [0, 0.1) is 0 Å². The second-order valence-corrected chi connectivity index (χ2v) is 7.48. The van der Waals surface area contributed by atoms with Crippen molar-refractivity contribution in [3.63, 3.8) is 0 Å². The largest absolute Gasteiger partial charge is 0.497 e. The van der Waals surface area contributed by atoms with Gasteiger partial charge in [0.25, 0.3) is 5.56 Å². The second-order valence-electron chi connectivity index (χ2n) is 7.48. The van der Waals surface area contributed by atoms with Crippen LogP contribution >= 0.6 is 0 Å². The Morgan fingerprint density at radius 2 is 1.82 bits per heavy atom. The van der Waals surface area contributed by atoms with E-state index in [-0.39, 0.29) is 17.6 Å². The SMILES string of the molecule is COc1ccc(OC)c(CNC(=O)Cn2c(=O)c3cnc(-c4ccccc4)nc3n(C)c2=O)c1. The van der Waals surface area contributed by atoms with Gasteiger partial charge in [0.1, 0.15) is 23.4 Å². The number of ether oxygens (including phenoxy) is 2. The molecular weight excluding hydrogens is 438 g/mol. The molecule has 0 aliphatic rings. The van der Waals surface area contributed by atoms with Gasteiger partial charge in [0.2, 0.25) is 5.91 Å². The first-order valence-corrected chi connectivity index (χ1v) is 10.4. The third-order valence-corrected chi connectivity index (χ3v) is 5.38. The number of aryl methyl sites for hydroxylation is 1. The zero-order valence-electron chi connectivity index (χ0n) is 18.9. The van der Waals surface area contributed by atoms with Crippen LogP contribution in [0.5, 0.6) is 11.5 Å². The quantitative estimate of drug-likeness (QED) is 0.443. The van der Waals surface area contributed by atoms with Gasteiger partial charge in [-0.2, -0.15) is 0 Å². The molecule has 1 amide bonds. The highest BCUT2D eigenvalue weighted by Gasteiger charge is 2.17. The monoisotopic (exact) mass is 461 g/mol. The maximum atomic E-state index is 13.0. The number of fused-ring (bicyclic) bond motifs is 1. The van der Waals surface area contributed by atoms with Crippen LogP contribution in [0.15, 0.2) is 64.3 Å². The van der Waals surface area contributed by atoms with Gasteiger partial charge in [0.05, 0.1) is 14.2 Å². The minimum atomic E-state index is -0.649. The predicted molar refractivity (Wildman–Crippen MR) is 126 cm³/mol. The summed E-state index contributed by atoms with van der Waals surface area (Å²) in [4.78, 5) is 47.2. The molecule has 34 heavy (non-hydrogen) atoms. The molecule has 0 spiro atoms. The van der Waals surface area contributed by atoms with Crippen molar-refractivity contribution in [1.29, 1.82) is 0 Å². The minimum absolute atomic E-state index is 0.130. The van der Waals surface area contributed by atoms with Crippen molar-refractivity contribution in [3.8, 4) is 22.9 Å². The lowest BCUT2D eigenvalue weighted by atomic mass is 10.2. The Kier molecular flexibility index (Phi) is 6.39. The third kappa shape index (κ3) is 4.38. The average molecular weight is 461 g/mol. The van der Waals surface area contributed by atoms with E-state index in [4.69, 9.17) is 9.47 Å². The molecule has 2 heterocycles. The number of methoxy groups -OCH3 is 2. The number of rotatable bonds is 7. The van der Waals surface area contributed by atoms with Gasteiger partial charge < -0.3 is 14.8 Å². The van der Waals surface area contributed by atoms with E-state index in [9.17, 15) is 14.4 Å². The molecule has 10 nitrogen and oxygen atoms in total. The van der Waals surface area contributed by atoms with E-state index in [0.717, 1.165) is 10.1 Å². The second kappa shape index (κ2) is 9.57. The van der Waals surface area contributed by atoms with Crippen molar-refractivity contribution < 1.29 is 14.3 Å². The molecule has 0 aliphatic carbocycles. The maximum absolute atomic E-state index is 13.0. The third-order valence-electron chi connectivity index (χ3n) is 5.38. The van der Waals surface area contributed by atoms with Gasteiger partial charge in [-0.1, -0.05) is 30.3 Å². The molecule has 10 heteroatoms. The number of carbonyl (C=O) groups is 1. The van der Waals surface area contributed by atoms with Crippen LogP contribution in [-0.2, 0) is 24.9 Å². The first-order chi connectivity index (χ1) is 16.4. The highest BCUT2D eigenvalue weighted by molar-refractivity contribution is 5.78. The summed E-state index contributed by atoms with van der Waals surface area (Å²) in [6, 6.07) is 14.4. The highest BCUT2D eigenvalue weighted by Crippen LogP contribution is 2.23. The van der Waals surface area contributed by atoms with Crippen molar-refractivity contribution in [3.05, 3.63) is 81.1 Å². The van der Waals surface area contributed by atoms with Crippen molar-refractivity contribution in [2.45, 2.75) is 13.1 Å². The van der Waals surface area contributed by atoms with E-state index in [0.29, 0.717) is 22.9 Å². The molecule has 0 aliphatic heterocycles. The summed E-state index contributed by atoms with van der Waals surface area (Å²) >= 11 is 0. The number of nitrogens with zero attached hydrogens (tertiary/aromatic N) is 4. The number of nitrogens with one attached hydrogen (secondary N) is 1. The molecule has 0 bridgehead atoms. The van der Waals surface area contributed by atoms with Gasteiger partial charge in [-0.15, -0.1) is 0 Å². The van der Waals surface area contributed by atoms with Gasteiger partial charge in [-0.25, -0.2) is 14.8 Å². The summed E-state index contributed by atoms with van der Waals surface area (Å²) in [5.74, 6) is 1.07. The average Bonchev–Trinajstić information content (AvgIpc) is 2.88. The van der Waals surface area contributed by atoms with E-state index >= 15 is 0 Å². The fourth-order valence-electron chi connectivity index (χ4n) is 3.56. The normalized spacial score (nSPS) is 10.8. The number of hydrogen-bond acceptors (Lipinski definition) is 7. The molecule has 0 fully saturated rings. The summed E-state index contributed by atoms with van der Waals surface area (Å²) in [5.41, 5.74) is 0.363. The molecule has 0 saturated carbocycles. The summed E-state index contributed by atoms with van der Waals surface area (Å²) in [6.07, 6.45) is 1.38. The molecule has 0 radical (unpaired) electrons. The Hall–Kier alpha value is -4.47. The lowest BCUT2D eigenvalue weighted by molar-refractivity contribution is -0.121. The van der Waals surface area contributed by atoms with Crippen LogP contribution < -0.4 is 26.0 Å². The molecule has 2 aromatic heterocycles. The number of benzene rings is 2. The smallest absolute Gasteiger partial charge is 0.332 e. The van der Waals surface area contributed by atoms with Crippen LogP contribution in [0.4, 0.5) is 0 Å². The van der Waals surface area contributed by atoms with E-state index in [1.165, 1.54) is 24.9 Å². The predicted octanol–water partition coefficient (Wildman–Crippen LogP) is 1.49. The number of hydrogen-bond donors (Lipinski definition) is 1. The van der Waals surface area contributed by atoms with Crippen LogP contribution in [0.3, 0.4) is 0 Å². The fraction of sp³-hybridized carbons (Fsp3) is 0.208. The molecule has 0 atom stereocenters. The van der Waals surface area contributed by atoms with Crippen molar-refractivity contribution >= 4 is 16.9 Å². The van der Waals surface area contributed by atoms with Crippen LogP contribution in [0.2, 0.25) is 0 Å². The number of amides is 1. The van der Waals surface area contributed by atoms with Crippen LogP contribution in [0.25, 0.3) is 22.4 Å². The highest BCUT2D eigenvalue weighted by atomic mass is 16.5. The van der Waals surface area contributed by atoms with Gasteiger partial charge in [-0.05, 0) is 18.2 Å². The van der Waals surface area contributed by atoms with Crippen molar-refractivity contribution in [2.24, 2.45) is 7.05 Å². The first kappa shape index (κ1) is 22.7. The van der Waals surface area contributed by atoms with Crippen LogP contribution in [-0.4, -0.2) is 39.2 Å². The minimum Gasteiger partial charge on any atom is -0.497 e. The Balaban J connectivity index is 1.61. The van der Waals surface area contributed by atoms with E-state index in [1.807, 2.05) is 30.3 Å². The summed E-state index contributed by atoms with van der Waals surface area (Å²) in [5, 5.41) is 2.86. The van der Waals surface area contributed by atoms with E-state index in [1.54, 1.807) is 25.3 Å². The van der Waals surface area contributed by atoms with Gasteiger partial charge in [0, 0.05) is 30.9 Å². The van der Waals surface area contributed by atoms with Crippen molar-refractivity contribution in [1.82, 2.24) is 24.4 Å². The molecule has 174 valence electrons. The fourth-order valence-corrected chi connectivity index (χ4v) is 3.56. The molecule has 0 saturated heterocycles. The van der Waals surface area contributed by atoms with Gasteiger partial charge >= 0.3 is 5.69 Å². The Bertz CT molecular complexity index is 1480. The summed E-state index contributed by atoms with van der Waals surface area (Å²) in [6.45, 7) is -0.320. The van der Waals surface area contributed by atoms with Gasteiger partial charge in [0.15, 0.2) is 11.5 Å². The Morgan fingerprint density at radius 3 is 2.53 bits per heavy atom. The zero-order chi connectivity index (χ0) is 24.2. The molecule has 4 aromatic rings. The molecule has 1 N–H and O–H groups in total. The first-order valence-electron chi connectivity index (χ1n) is 10.4. The van der Waals surface area contributed by atoms with Crippen LogP contribution in [0.1, 0.15) is 5.56 Å². The molecule has 2 aromatic carbocycles. The zero-order valence-corrected chi connectivity index (χ0v) is 18.9. The molecular formula is C24H23N5O5. The Labute approximate surface area is 194 Å². The topological polar surface area (TPSA) is 117 Å². The van der Waals surface area contributed by atoms with Crippen molar-refractivity contribution in [2.75, 3.05) is 14.2 Å². The summed E-state index contributed by atoms with van der Waals surface area (Å²) in [7, 11) is 4.57.